The number of hydrogen-bond donors (Lipinski definition) is 2. The first kappa shape index (κ1) is 21.6. The Balaban J connectivity index is 1.46. The van der Waals surface area contributed by atoms with E-state index >= 15 is 0 Å². The molecule has 2 aromatic carbocycles. The van der Waals surface area contributed by atoms with Crippen LogP contribution in [0.4, 0.5) is 4.79 Å². The molecule has 172 valence electrons. The summed E-state index contributed by atoms with van der Waals surface area (Å²) in [5.41, 5.74) is 0.885. The van der Waals surface area contributed by atoms with Crippen LogP contribution in [-0.4, -0.2) is 45.3 Å². The van der Waals surface area contributed by atoms with Crippen molar-refractivity contribution in [1.29, 1.82) is 0 Å². The van der Waals surface area contributed by atoms with Gasteiger partial charge in [-0.2, -0.15) is 0 Å². The molecule has 2 aromatic rings. The Morgan fingerprint density at radius 2 is 1.85 bits per heavy atom. The fourth-order valence-electron chi connectivity index (χ4n) is 5.55. The van der Waals surface area contributed by atoms with E-state index in [4.69, 9.17) is 0 Å². The predicted molar refractivity (Wildman–Crippen MR) is 122 cm³/mol. The van der Waals surface area contributed by atoms with E-state index < -0.39 is 23.6 Å². The minimum absolute atomic E-state index is 0.0326. The number of aliphatic hydroxyl groups excluding tert-OH is 1. The zero-order chi connectivity index (χ0) is 23.2. The minimum Gasteiger partial charge on any atom is -0.388 e. The summed E-state index contributed by atoms with van der Waals surface area (Å²) in [6.07, 6.45) is 2.53. The number of nitrogens with one attached hydrogen (secondary N) is 1. The van der Waals surface area contributed by atoms with Gasteiger partial charge in [-0.15, -0.1) is 0 Å². The Morgan fingerprint density at radius 3 is 2.55 bits per heavy atom. The lowest BCUT2D eigenvalue weighted by Gasteiger charge is -2.41. The number of benzene rings is 2. The molecule has 5 rings (SSSR count). The van der Waals surface area contributed by atoms with Crippen LogP contribution in [-0.2, 0) is 21.7 Å². The molecule has 1 unspecified atom stereocenters. The Morgan fingerprint density at radius 1 is 1.15 bits per heavy atom. The number of carbonyl (C=O) groups is 3. The predicted octanol–water partition coefficient (Wildman–Crippen LogP) is 3.09. The summed E-state index contributed by atoms with van der Waals surface area (Å²) in [7, 11) is 0. The highest BCUT2D eigenvalue weighted by Crippen LogP contribution is 2.49. The van der Waals surface area contributed by atoms with E-state index in [1.54, 1.807) is 24.3 Å². The van der Waals surface area contributed by atoms with Crippen LogP contribution in [0, 0.1) is 5.92 Å². The molecule has 1 heterocycles. The molecule has 1 aliphatic heterocycles. The van der Waals surface area contributed by atoms with Crippen LogP contribution in [0.15, 0.2) is 54.6 Å². The highest BCUT2D eigenvalue weighted by atomic mass is 16.3. The molecule has 2 aliphatic carbocycles. The van der Waals surface area contributed by atoms with Crippen LogP contribution in [0.3, 0.4) is 0 Å². The Kier molecular flexibility index (Phi) is 5.44. The number of fused-ring (bicyclic) bond motifs is 2. The topological polar surface area (TPSA) is 90.0 Å². The molecule has 33 heavy (non-hydrogen) atoms. The molecule has 1 saturated heterocycles. The summed E-state index contributed by atoms with van der Waals surface area (Å²) in [4.78, 5) is 42.8. The molecule has 4 amide bonds. The summed E-state index contributed by atoms with van der Waals surface area (Å²) in [5.74, 6) is -0.234. The molecule has 2 fully saturated rings. The SMILES string of the molecule is C[C@@H](C1CCC1)N(Cc1ccccc1)C(=O)CN1C(=O)NC(=O)C12C[C@H](O)c1ccccc12. The summed E-state index contributed by atoms with van der Waals surface area (Å²) >= 11 is 0. The van der Waals surface area contributed by atoms with Gasteiger partial charge in [0.05, 0.1) is 6.10 Å². The molecule has 2 N–H and O–H groups in total. The third-order valence-corrected chi connectivity index (χ3v) is 7.69. The maximum absolute atomic E-state index is 13.7. The van der Waals surface area contributed by atoms with Crippen LogP contribution < -0.4 is 5.32 Å². The zero-order valence-electron chi connectivity index (χ0n) is 18.7. The van der Waals surface area contributed by atoms with Crippen molar-refractivity contribution in [2.75, 3.05) is 6.54 Å². The molecule has 1 spiro atoms. The Bertz CT molecular complexity index is 1080. The van der Waals surface area contributed by atoms with E-state index in [1.807, 2.05) is 35.2 Å². The minimum atomic E-state index is -1.36. The molecular weight excluding hydrogens is 418 g/mol. The molecule has 7 heteroatoms. The van der Waals surface area contributed by atoms with Crippen molar-refractivity contribution < 1.29 is 19.5 Å². The second kappa shape index (κ2) is 8.30. The molecule has 1 saturated carbocycles. The summed E-state index contributed by atoms with van der Waals surface area (Å²) in [6, 6.07) is 16.4. The first-order valence-corrected chi connectivity index (χ1v) is 11.7. The van der Waals surface area contributed by atoms with Gasteiger partial charge in [0.1, 0.15) is 6.54 Å². The van der Waals surface area contributed by atoms with Crippen LogP contribution in [0.5, 0.6) is 0 Å². The number of rotatable bonds is 6. The largest absolute Gasteiger partial charge is 0.388 e. The third-order valence-electron chi connectivity index (χ3n) is 7.69. The van der Waals surface area contributed by atoms with Gasteiger partial charge in [-0.25, -0.2) is 4.79 Å². The maximum atomic E-state index is 13.7. The van der Waals surface area contributed by atoms with Gasteiger partial charge in [-0.1, -0.05) is 61.0 Å². The Labute approximate surface area is 193 Å². The average molecular weight is 448 g/mol. The lowest BCUT2D eigenvalue weighted by Crippen LogP contribution is -2.53. The molecule has 0 radical (unpaired) electrons. The van der Waals surface area contributed by atoms with Crippen LogP contribution in [0.2, 0.25) is 0 Å². The highest BCUT2D eigenvalue weighted by molar-refractivity contribution is 6.09. The van der Waals surface area contributed by atoms with Crippen molar-refractivity contribution in [2.45, 2.75) is 56.8 Å². The van der Waals surface area contributed by atoms with Gasteiger partial charge in [0.15, 0.2) is 5.54 Å². The van der Waals surface area contributed by atoms with Crippen molar-refractivity contribution in [2.24, 2.45) is 5.92 Å². The third kappa shape index (κ3) is 3.51. The number of amides is 4. The molecule has 0 bridgehead atoms. The first-order valence-electron chi connectivity index (χ1n) is 11.7. The van der Waals surface area contributed by atoms with Gasteiger partial charge in [0.25, 0.3) is 5.91 Å². The molecule has 0 aromatic heterocycles. The van der Waals surface area contributed by atoms with E-state index in [0.29, 0.717) is 23.6 Å². The van der Waals surface area contributed by atoms with Crippen molar-refractivity contribution in [3.63, 3.8) is 0 Å². The number of nitrogens with zero attached hydrogens (tertiary/aromatic N) is 2. The van der Waals surface area contributed by atoms with Crippen molar-refractivity contribution in [3.05, 3.63) is 71.3 Å². The summed E-state index contributed by atoms with van der Waals surface area (Å²) in [5, 5.41) is 13.0. The van der Waals surface area contributed by atoms with Crippen LogP contribution >= 0.6 is 0 Å². The number of imide groups is 1. The van der Waals surface area contributed by atoms with E-state index in [9.17, 15) is 19.5 Å². The van der Waals surface area contributed by atoms with Gasteiger partial charge < -0.3 is 10.0 Å². The molecule has 3 atom stereocenters. The molecule has 7 nitrogen and oxygen atoms in total. The average Bonchev–Trinajstić information content (AvgIpc) is 3.20. The van der Waals surface area contributed by atoms with Crippen LogP contribution in [0.25, 0.3) is 0 Å². The van der Waals surface area contributed by atoms with Gasteiger partial charge >= 0.3 is 6.03 Å². The van der Waals surface area contributed by atoms with E-state index in [0.717, 1.165) is 18.4 Å². The van der Waals surface area contributed by atoms with Gasteiger partial charge in [-0.05, 0) is 42.4 Å². The van der Waals surface area contributed by atoms with Crippen LogP contribution in [0.1, 0.15) is 55.4 Å². The number of aliphatic hydroxyl groups is 1. The van der Waals surface area contributed by atoms with Gasteiger partial charge in [0.2, 0.25) is 5.91 Å². The quantitative estimate of drug-likeness (QED) is 0.666. The standard InChI is InChI=1S/C26H29N3O4/c1-17(19-10-7-11-19)28(15-18-8-3-2-4-9-18)23(31)16-29-25(33)27-24(32)26(29)14-22(30)20-12-5-6-13-21(20)26/h2-6,8-9,12-13,17,19,22,30H,7,10-11,14-16H2,1H3,(H,27,32,33)/t17-,22-,26?/m0/s1. The zero-order valence-corrected chi connectivity index (χ0v) is 18.7. The van der Waals surface area contributed by atoms with Crippen molar-refractivity contribution in [3.8, 4) is 0 Å². The van der Waals surface area contributed by atoms with E-state index in [1.165, 1.54) is 11.3 Å². The van der Waals surface area contributed by atoms with Crippen molar-refractivity contribution >= 4 is 17.8 Å². The lowest BCUT2D eigenvalue weighted by atomic mass is 9.79. The monoisotopic (exact) mass is 447 g/mol. The molecular formula is C26H29N3O4. The number of hydrogen-bond acceptors (Lipinski definition) is 4. The molecule has 3 aliphatic rings. The number of carbonyl (C=O) groups excluding carboxylic acids is 3. The Hall–Kier alpha value is -3.19. The number of urea groups is 1. The van der Waals surface area contributed by atoms with Gasteiger partial charge in [-0.3, -0.25) is 19.8 Å². The van der Waals surface area contributed by atoms with Gasteiger partial charge in [0, 0.05) is 19.0 Å². The second-order valence-corrected chi connectivity index (χ2v) is 9.45. The summed E-state index contributed by atoms with van der Waals surface area (Å²) in [6.45, 7) is 2.31. The van der Waals surface area contributed by atoms with Crippen molar-refractivity contribution in [1.82, 2.24) is 15.1 Å². The highest BCUT2D eigenvalue weighted by Gasteiger charge is 2.60. The summed E-state index contributed by atoms with van der Waals surface area (Å²) < 4.78 is 0. The fourth-order valence-corrected chi connectivity index (χ4v) is 5.55. The van der Waals surface area contributed by atoms with E-state index in [-0.39, 0.29) is 24.9 Å². The first-order chi connectivity index (χ1) is 15.9. The maximum Gasteiger partial charge on any atom is 0.325 e. The smallest absolute Gasteiger partial charge is 0.325 e. The lowest BCUT2D eigenvalue weighted by molar-refractivity contribution is -0.139. The second-order valence-electron chi connectivity index (χ2n) is 9.45. The normalized spacial score (nSPS) is 25.0. The fraction of sp³-hybridized carbons (Fsp3) is 0.423. The van der Waals surface area contributed by atoms with E-state index in [2.05, 4.69) is 12.2 Å².